The number of aromatic amines is 1. The van der Waals surface area contributed by atoms with Crippen molar-refractivity contribution in [2.24, 2.45) is 0 Å². The van der Waals surface area contributed by atoms with Crippen LogP contribution in [-0.2, 0) is 0 Å². The molecule has 34 heavy (non-hydrogen) atoms. The summed E-state index contributed by atoms with van der Waals surface area (Å²) < 4.78 is 42.0. The molecule has 12 heteroatoms. The number of alkyl halides is 1. The van der Waals surface area contributed by atoms with Crippen LogP contribution in [0.3, 0.4) is 0 Å². The minimum Gasteiger partial charge on any atom is -0.390 e. The lowest BCUT2D eigenvalue weighted by Gasteiger charge is -2.32. The molecule has 2 aliphatic rings. The van der Waals surface area contributed by atoms with Crippen LogP contribution in [0.2, 0.25) is 0 Å². The van der Waals surface area contributed by atoms with Gasteiger partial charge in [0.25, 0.3) is 5.91 Å². The van der Waals surface area contributed by atoms with Crippen LogP contribution in [0.1, 0.15) is 47.8 Å². The maximum Gasteiger partial charge on any atom is 0.275 e. The van der Waals surface area contributed by atoms with Crippen molar-refractivity contribution in [1.29, 1.82) is 0 Å². The standard InChI is InChI=1S/C22H23F3N6O3/c23-11-4-10(5-12(24)6-11)15-7-13(25)8-31(15)22(34)18-17-20(26-9-27-21(17)30-29-18)28-14-2-1-3-16(32)19(14)33/h4-6,9,13-16,19,32-33H,1-3,7-8H2,(H2,26,27,28,29,30)/t13-,14+,15+,16+,19-/m0/s1. The number of rotatable bonds is 4. The van der Waals surface area contributed by atoms with Crippen LogP contribution in [0.15, 0.2) is 24.5 Å². The first kappa shape index (κ1) is 22.5. The number of aromatic nitrogens is 4. The van der Waals surface area contributed by atoms with E-state index in [-0.39, 0.29) is 41.1 Å². The normalized spacial score (nSPS) is 27.3. The molecular weight excluding hydrogens is 453 g/mol. The van der Waals surface area contributed by atoms with Gasteiger partial charge in [0.15, 0.2) is 11.3 Å². The molecule has 4 N–H and O–H groups in total. The number of nitrogens with one attached hydrogen (secondary N) is 2. The molecule has 1 amide bonds. The molecule has 1 aromatic carbocycles. The van der Waals surface area contributed by atoms with Gasteiger partial charge < -0.3 is 20.4 Å². The number of halogens is 3. The highest BCUT2D eigenvalue weighted by Gasteiger charge is 2.39. The minimum absolute atomic E-state index is 0.0834. The van der Waals surface area contributed by atoms with Crippen molar-refractivity contribution in [3.63, 3.8) is 0 Å². The molecule has 1 aliphatic carbocycles. The number of carbonyl (C=O) groups excluding carboxylic acids is 1. The van der Waals surface area contributed by atoms with E-state index in [0.717, 1.165) is 12.1 Å². The van der Waals surface area contributed by atoms with E-state index >= 15 is 0 Å². The Morgan fingerprint density at radius 3 is 2.68 bits per heavy atom. The fraction of sp³-hybridized carbons (Fsp3) is 0.455. The molecule has 1 saturated carbocycles. The lowest BCUT2D eigenvalue weighted by Crippen LogP contribution is -2.45. The largest absolute Gasteiger partial charge is 0.390 e. The molecular formula is C22H23F3N6O3. The van der Waals surface area contributed by atoms with E-state index in [1.165, 1.54) is 11.2 Å². The fourth-order valence-corrected chi connectivity index (χ4v) is 4.84. The van der Waals surface area contributed by atoms with E-state index < -0.39 is 48.0 Å². The molecule has 3 aromatic rings. The molecule has 0 unspecified atom stereocenters. The van der Waals surface area contributed by atoms with Crippen LogP contribution in [0.25, 0.3) is 11.0 Å². The molecule has 1 saturated heterocycles. The van der Waals surface area contributed by atoms with E-state index in [1.54, 1.807) is 0 Å². The number of amides is 1. The Balaban J connectivity index is 1.49. The van der Waals surface area contributed by atoms with Crippen molar-refractivity contribution in [2.45, 2.75) is 56.1 Å². The van der Waals surface area contributed by atoms with Gasteiger partial charge in [0.1, 0.15) is 30.0 Å². The van der Waals surface area contributed by atoms with E-state index in [4.69, 9.17) is 0 Å². The molecule has 5 atom stereocenters. The summed E-state index contributed by atoms with van der Waals surface area (Å²) in [5.41, 5.74) is 0.315. The van der Waals surface area contributed by atoms with Gasteiger partial charge in [-0.15, -0.1) is 0 Å². The van der Waals surface area contributed by atoms with Crippen molar-refractivity contribution in [3.05, 3.63) is 47.4 Å². The van der Waals surface area contributed by atoms with Gasteiger partial charge in [-0.25, -0.2) is 23.1 Å². The average molecular weight is 476 g/mol. The van der Waals surface area contributed by atoms with Gasteiger partial charge in [0.05, 0.1) is 36.2 Å². The van der Waals surface area contributed by atoms with E-state index in [1.807, 2.05) is 0 Å². The average Bonchev–Trinajstić information content (AvgIpc) is 3.40. The Labute approximate surface area is 192 Å². The maximum atomic E-state index is 14.4. The second-order valence-electron chi connectivity index (χ2n) is 8.77. The van der Waals surface area contributed by atoms with Crippen LogP contribution in [0.4, 0.5) is 19.0 Å². The van der Waals surface area contributed by atoms with E-state index in [2.05, 4.69) is 25.5 Å². The second kappa shape index (κ2) is 8.84. The molecule has 2 fully saturated rings. The zero-order valence-electron chi connectivity index (χ0n) is 18.0. The van der Waals surface area contributed by atoms with Gasteiger partial charge in [-0.3, -0.25) is 9.89 Å². The third-order valence-electron chi connectivity index (χ3n) is 6.48. The number of fused-ring (bicyclic) bond motifs is 1. The van der Waals surface area contributed by atoms with Gasteiger partial charge in [-0.1, -0.05) is 0 Å². The number of aliphatic hydroxyl groups excluding tert-OH is 2. The van der Waals surface area contributed by atoms with Gasteiger partial charge >= 0.3 is 0 Å². The Kier molecular flexibility index (Phi) is 5.86. The van der Waals surface area contributed by atoms with Gasteiger partial charge in [-0.2, -0.15) is 5.10 Å². The number of aliphatic hydroxyl groups is 2. The zero-order valence-corrected chi connectivity index (χ0v) is 18.0. The van der Waals surface area contributed by atoms with Gasteiger partial charge in [0.2, 0.25) is 0 Å². The van der Waals surface area contributed by atoms with Crippen LogP contribution in [0.5, 0.6) is 0 Å². The van der Waals surface area contributed by atoms with Crippen molar-refractivity contribution in [1.82, 2.24) is 25.1 Å². The summed E-state index contributed by atoms with van der Waals surface area (Å²) in [5.74, 6) is -2.06. The molecule has 1 aliphatic heterocycles. The topological polar surface area (TPSA) is 127 Å². The number of H-pyrrole nitrogens is 1. The molecule has 0 radical (unpaired) electrons. The first-order valence-corrected chi connectivity index (χ1v) is 11.0. The van der Waals surface area contributed by atoms with Crippen molar-refractivity contribution in [2.75, 3.05) is 11.9 Å². The number of anilines is 1. The summed E-state index contributed by atoms with van der Waals surface area (Å²) in [6, 6.07) is 1.49. The smallest absolute Gasteiger partial charge is 0.275 e. The van der Waals surface area contributed by atoms with E-state index in [9.17, 15) is 28.2 Å². The zero-order chi connectivity index (χ0) is 24.0. The van der Waals surface area contributed by atoms with Crippen LogP contribution in [0, 0.1) is 11.6 Å². The number of hydrogen-bond acceptors (Lipinski definition) is 7. The number of likely N-dealkylation sites (tertiary alicyclic amines) is 1. The maximum absolute atomic E-state index is 14.4. The number of benzene rings is 1. The van der Waals surface area contributed by atoms with Crippen LogP contribution in [-0.4, -0.2) is 72.2 Å². The molecule has 0 bridgehead atoms. The molecule has 9 nitrogen and oxygen atoms in total. The molecule has 5 rings (SSSR count). The van der Waals surface area contributed by atoms with Crippen molar-refractivity contribution >= 4 is 22.8 Å². The van der Waals surface area contributed by atoms with Gasteiger partial charge in [-0.05, 0) is 37.0 Å². The second-order valence-corrected chi connectivity index (χ2v) is 8.77. The minimum atomic E-state index is -1.38. The summed E-state index contributed by atoms with van der Waals surface area (Å²) >= 11 is 0. The lowest BCUT2D eigenvalue weighted by atomic mass is 9.90. The van der Waals surface area contributed by atoms with Gasteiger partial charge in [0, 0.05) is 12.5 Å². The Morgan fingerprint density at radius 2 is 1.91 bits per heavy atom. The Morgan fingerprint density at radius 1 is 1.15 bits per heavy atom. The predicted molar refractivity (Wildman–Crippen MR) is 115 cm³/mol. The lowest BCUT2D eigenvalue weighted by molar-refractivity contribution is -0.0161. The Bertz CT molecular complexity index is 1200. The third kappa shape index (κ3) is 4.07. The third-order valence-corrected chi connectivity index (χ3v) is 6.48. The van der Waals surface area contributed by atoms with Crippen molar-refractivity contribution in [3.8, 4) is 0 Å². The summed E-state index contributed by atoms with van der Waals surface area (Å²) in [6.07, 6.45) is -0.380. The highest BCUT2D eigenvalue weighted by atomic mass is 19.1. The predicted octanol–water partition coefficient (Wildman–Crippen LogP) is 2.24. The summed E-state index contributed by atoms with van der Waals surface area (Å²) in [4.78, 5) is 23.0. The van der Waals surface area contributed by atoms with Crippen LogP contribution < -0.4 is 5.32 Å². The van der Waals surface area contributed by atoms with E-state index in [0.29, 0.717) is 25.3 Å². The number of carbonyl (C=O) groups is 1. The fourth-order valence-electron chi connectivity index (χ4n) is 4.84. The SMILES string of the molecule is O=C(c1n[nH]c2ncnc(N[C@@H]3CCC[C@@H](O)[C@H]3O)c12)N1C[C@@H](F)C[C@@H]1c1cc(F)cc(F)c1. The first-order chi connectivity index (χ1) is 16.3. The summed E-state index contributed by atoms with van der Waals surface area (Å²) in [6.45, 7) is -0.264. The number of hydrogen-bond donors (Lipinski definition) is 4. The Hall–Kier alpha value is -3.25. The van der Waals surface area contributed by atoms with Crippen LogP contribution >= 0.6 is 0 Å². The molecule has 3 heterocycles. The molecule has 0 spiro atoms. The van der Waals surface area contributed by atoms with Crippen molar-refractivity contribution < 1.29 is 28.2 Å². The summed E-state index contributed by atoms with van der Waals surface area (Å²) in [5, 5.41) is 30.4. The molecule has 2 aromatic heterocycles. The number of nitrogens with zero attached hydrogens (tertiary/aromatic N) is 4. The highest BCUT2D eigenvalue weighted by molar-refractivity contribution is 6.07. The highest BCUT2D eigenvalue weighted by Crippen LogP contribution is 2.36. The first-order valence-electron chi connectivity index (χ1n) is 11.0. The monoisotopic (exact) mass is 476 g/mol. The quantitative estimate of drug-likeness (QED) is 0.455. The summed E-state index contributed by atoms with van der Waals surface area (Å²) in [7, 11) is 0. The molecule has 180 valence electrons.